The molecule has 2 rings (SSSR count). The normalized spacial score (nSPS) is 16.5. The van der Waals surface area contributed by atoms with Crippen LogP contribution >= 0.6 is 0 Å². The quantitative estimate of drug-likeness (QED) is 0.803. The van der Waals surface area contributed by atoms with Crippen LogP contribution in [-0.4, -0.2) is 63.1 Å². The monoisotopic (exact) mass is 354 g/mol. The van der Waals surface area contributed by atoms with Crippen molar-refractivity contribution in [1.29, 1.82) is 0 Å². The summed E-state index contributed by atoms with van der Waals surface area (Å²) in [5.41, 5.74) is 2.04. The van der Waals surface area contributed by atoms with Gasteiger partial charge in [-0.15, -0.1) is 0 Å². The van der Waals surface area contributed by atoms with Gasteiger partial charge in [0, 0.05) is 26.2 Å². The zero-order valence-electron chi connectivity index (χ0n) is 14.8. The minimum Gasteiger partial charge on any atom is -0.496 e. The number of nitrogens with zero attached hydrogens (tertiary/aromatic N) is 2. The summed E-state index contributed by atoms with van der Waals surface area (Å²) in [5, 5.41) is 0. The second-order valence-electron chi connectivity index (χ2n) is 6.45. The van der Waals surface area contributed by atoms with Crippen molar-refractivity contribution in [1.82, 2.24) is 9.21 Å². The van der Waals surface area contributed by atoms with E-state index in [1.807, 2.05) is 18.2 Å². The first-order valence-electron chi connectivity index (χ1n) is 8.12. The van der Waals surface area contributed by atoms with Crippen molar-refractivity contribution in [3.8, 4) is 5.75 Å². The molecule has 1 aromatic carbocycles. The number of methoxy groups -OCH3 is 1. The van der Waals surface area contributed by atoms with Crippen molar-refractivity contribution < 1.29 is 17.9 Å². The van der Waals surface area contributed by atoms with Gasteiger partial charge in [0.2, 0.25) is 15.9 Å². The molecule has 1 aliphatic rings. The summed E-state index contributed by atoms with van der Waals surface area (Å²) in [6.07, 6.45) is 1.53. The Morgan fingerprint density at radius 1 is 1.21 bits per heavy atom. The number of ether oxygens (including phenoxy) is 1. The van der Waals surface area contributed by atoms with Crippen molar-refractivity contribution in [2.75, 3.05) is 39.5 Å². The van der Waals surface area contributed by atoms with Crippen LogP contribution in [0.2, 0.25) is 0 Å². The van der Waals surface area contributed by atoms with Crippen LogP contribution in [0.3, 0.4) is 0 Å². The second kappa shape index (κ2) is 7.53. The Balaban J connectivity index is 2.02. The molecule has 7 heteroatoms. The van der Waals surface area contributed by atoms with Crippen LogP contribution in [0.5, 0.6) is 5.75 Å². The first-order chi connectivity index (χ1) is 11.2. The molecule has 0 N–H and O–H groups in total. The molecule has 1 heterocycles. The Kier molecular flexibility index (Phi) is 5.87. The highest BCUT2D eigenvalue weighted by molar-refractivity contribution is 7.88. The highest BCUT2D eigenvalue weighted by Gasteiger charge is 2.26. The van der Waals surface area contributed by atoms with Gasteiger partial charge in [-0.05, 0) is 23.1 Å². The molecule has 0 radical (unpaired) electrons. The van der Waals surface area contributed by atoms with E-state index in [4.69, 9.17) is 4.74 Å². The van der Waals surface area contributed by atoms with Gasteiger partial charge in [0.15, 0.2) is 0 Å². The van der Waals surface area contributed by atoms with Gasteiger partial charge in [0.1, 0.15) is 5.75 Å². The fraction of sp³-hybridized carbons (Fsp3) is 0.588. The van der Waals surface area contributed by atoms with Gasteiger partial charge in [-0.3, -0.25) is 4.79 Å². The average molecular weight is 354 g/mol. The lowest BCUT2D eigenvalue weighted by atomic mass is 9.98. The van der Waals surface area contributed by atoms with Crippen LogP contribution in [0.4, 0.5) is 0 Å². The predicted molar refractivity (Wildman–Crippen MR) is 93.8 cm³/mol. The minimum absolute atomic E-state index is 0.0306. The van der Waals surface area contributed by atoms with Crippen molar-refractivity contribution >= 4 is 15.9 Å². The van der Waals surface area contributed by atoms with Crippen molar-refractivity contribution in [2.45, 2.75) is 26.2 Å². The summed E-state index contributed by atoms with van der Waals surface area (Å²) in [4.78, 5) is 14.2. The standard InChI is InChI=1S/C17H26N2O4S/c1-13(2)15-11-14(5-6-16(15)23-3)12-17(20)18-7-9-19(10-8-18)24(4,21)22/h5-6,11,13H,7-10,12H2,1-4H3. The molecule has 6 nitrogen and oxygen atoms in total. The van der Waals surface area contributed by atoms with E-state index in [9.17, 15) is 13.2 Å². The van der Waals surface area contributed by atoms with Crippen molar-refractivity contribution in [2.24, 2.45) is 0 Å². The van der Waals surface area contributed by atoms with Gasteiger partial charge in [0.25, 0.3) is 0 Å². The van der Waals surface area contributed by atoms with Gasteiger partial charge in [-0.1, -0.05) is 26.0 Å². The first kappa shape index (κ1) is 18.7. The fourth-order valence-corrected chi connectivity index (χ4v) is 3.73. The Morgan fingerprint density at radius 2 is 1.83 bits per heavy atom. The molecule has 1 fully saturated rings. The Morgan fingerprint density at radius 3 is 2.33 bits per heavy atom. The number of amides is 1. The van der Waals surface area contributed by atoms with Crippen molar-refractivity contribution in [3.63, 3.8) is 0 Å². The molecule has 0 atom stereocenters. The smallest absolute Gasteiger partial charge is 0.227 e. The van der Waals surface area contributed by atoms with Crippen LogP contribution in [0, 0.1) is 0 Å². The molecular formula is C17H26N2O4S. The second-order valence-corrected chi connectivity index (χ2v) is 8.43. The number of carbonyl (C=O) groups excluding carboxylic acids is 1. The predicted octanol–water partition coefficient (Wildman–Crippen LogP) is 1.46. The molecule has 0 saturated carbocycles. The maximum absolute atomic E-state index is 12.5. The van der Waals surface area contributed by atoms with E-state index in [1.165, 1.54) is 10.6 Å². The van der Waals surface area contributed by atoms with Gasteiger partial charge in [-0.2, -0.15) is 4.31 Å². The minimum atomic E-state index is -3.18. The van der Waals surface area contributed by atoms with E-state index in [0.29, 0.717) is 38.5 Å². The molecule has 1 aromatic rings. The number of hydrogen-bond acceptors (Lipinski definition) is 4. The van der Waals surface area contributed by atoms with E-state index < -0.39 is 10.0 Å². The Labute approximate surface area is 144 Å². The highest BCUT2D eigenvalue weighted by Crippen LogP contribution is 2.27. The zero-order chi connectivity index (χ0) is 17.9. The van der Waals surface area contributed by atoms with Crippen LogP contribution in [0.1, 0.15) is 30.9 Å². The van der Waals surface area contributed by atoms with Gasteiger partial charge in [0.05, 0.1) is 19.8 Å². The van der Waals surface area contributed by atoms with Crippen LogP contribution in [-0.2, 0) is 21.2 Å². The SMILES string of the molecule is COc1ccc(CC(=O)N2CCN(S(C)(=O)=O)CC2)cc1C(C)C. The van der Waals surface area contributed by atoms with E-state index in [-0.39, 0.29) is 5.91 Å². The van der Waals surface area contributed by atoms with E-state index in [0.717, 1.165) is 16.9 Å². The Hall–Kier alpha value is -1.60. The van der Waals surface area contributed by atoms with E-state index in [2.05, 4.69) is 13.8 Å². The lowest BCUT2D eigenvalue weighted by molar-refractivity contribution is -0.131. The third kappa shape index (κ3) is 4.48. The maximum atomic E-state index is 12.5. The number of rotatable bonds is 5. The largest absolute Gasteiger partial charge is 0.496 e. The highest BCUT2D eigenvalue weighted by atomic mass is 32.2. The first-order valence-corrected chi connectivity index (χ1v) is 9.97. The summed E-state index contributed by atoms with van der Waals surface area (Å²) in [6, 6.07) is 5.84. The Bertz CT molecular complexity index is 693. The summed E-state index contributed by atoms with van der Waals surface area (Å²) in [5.74, 6) is 1.18. The van der Waals surface area contributed by atoms with Crippen molar-refractivity contribution in [3.05, 3.63) is 29.3 Å². The number of benzene rings is 1. The van der Waals surface area contributed by atoms with Gasteiger partial charge in [-0.25, -0.2) is 8.42 Å². The van der Waals surface area contributed by atoms with Gasteiger partial charge >= 0.3 is 0 Å². The number of sulfonamides is 1. The zero-order valence-corrected chi connectivity index (χ0v) is 15.6. The molecule has 0 aromatic heterocycles. The number of piperazine rings is 1. The van der Waals surface area contributed by atoms with Crippen LogP contribution in [0.25, 0.3) is 0 Å². The fourth-order valence-electron chi connectivity index (χ4n) is 2.90. The number of hydrogen-bond donors (Lipinski definition) is 0. The van der Waals surface area contributed by atoms with E-state index >= 15 is 0 Å². The lowest BCUT2D eigenvalue weighted by Gasteiger charge is -2.33. The third-order valence-electron chi connectivity index (χ3n) is 4.33. The molecule has 1 aliphatic heterocycles. The summed E-state index contributed by atoms with van der Waals surface area (Å²) >= 11 is 0. The van der Waals surface area contributed by atoms with E-state index in [1.54, 1.807) is 12.0 Å². The van der Waals surface area contributed by atoms with Crippen LogP contribution < -0.4 is 4.74 Å². The summed E-state index contributed by atoms with van der Waals surface area (Å²) in [7, 11) is -1.53. The lowest BCUT2D eigenvalue weighted by Crippen LogP contribution is -2.50. The molecular weight excluding hydrogens is 328 g/mol. The molecule has 1 amide bonds. The average Bonchev–Trinajstić information content (AvgIpc) is 2.54. The number of carbonyl (C=O) groups is 1. The molecule has 0 unspecified atom stereocenters. The third-order valence-corrected chi connectivity index (χ3v) is 5.64. The molecule has 24 heavy (non-hydrogen) atoms. The summed E-state index contributed by atoms with van der Waals surface area (Å²) < 4.78 is 29.8. The van der Waals surface area contributed by atoms with Gasteiger partial charge < -0.3 is 9.64 Å². The molecule has 0 spiro atoms. The van der Waals surface area contributed by atoms with Crippen LogP contribution in [0.15, 0.2) is 18.2 Å². The molecule has 0 bridgehead atoms. The molecule has 1 saturated heterocycles. The molecule has 134 valence electrons. The topological polar surface area (TPSA) is 66.9 Å². The maximum Gasteiger partial charge on any atom is 0.227 e. The summed E-state index contributed by atoms with van der Waals surface area (Å²) in [6.45, 7) is 5.80. The molecule has 0 aliphatic carbocycles.